The summed E-state index contributed by atoms with van der Waals surface area (Å²) in [6.45, 7) is 3.47. The zero-order valence-corrected chi connectivity index (χ0v) is 10.8. The molecule has 6 nitrogen and oxygen atoms in total. The molecule has 0 fully saturated rings. The molecule has 1 unspecified atom stereocenters. The molecule has 0 spiro atoms. The predicted octanol–water partition coefficient (Wildman–Crippen LogP) is 0.615. The van der Waals surface area contributed by atoms with E-state index in [0.29, 0.717) is 19.5 Å². The number of nitrogens with two attached hydrogens (primary N) is 1. The van der Waals surface area contributed by atoms with Crippen LogP contribution in [0.25, 0.3) is 0 Å². The SMILES string of the molecule is Cc1cc2c(cc1CNCCC(N)C(=O)O)OCO2. The number of benzene rings is 1. The highest BCUT2D eigenvalue weighted by atomic mass is 16.7. The van der Waals surface area contributed by atoms with Crippen molar-refractivity contribution >= 4 is 5.97 Å². The molecule has 0 amide bonds. The highest BCUT2D eigenvalue weighted by molar-refractivity contribution is 5.72. The molecule has 0 saturated heterocycles. The summed E-state index contributed by atoms with van der Waals surface area (Å²) in [4.78, 5) is 10.6. The molecular weight excluding hydrogens is 248 g/mol. The first-order valence-electron chi connectivity index (χ1n) is 6.16. The van der Waals surface area contributed by atoms with Crippen LogP contribution in [0, 0.1) is 6.92 Å². The molecule has 0 saturated carbocycles. The van der Waals surface area contributed by atoms with Crippen LogP contribution in [-0.4, -0.2) is 30.5 Å². The summed E-state index contributed by atoms with van der Waals surface area (Å²) in [7, 11) is 0. The van der Waals surface area contributed by atoms with E-state index in [1.54, 1.807) is 0 Å². The number of aryl methyl sites for hydroxylation is 1. The van der Waals surface area contributed by atoms with E-state index < -0.39 is 12.0 Å². The molecular formula is C13H18N2O4. The van der Waals surface area contributed by atoms with Crippen molar-refractivity contribution in [2.24, 2.45) is 5.73 Å². The topological polar surface area (TPSA) is 93.8 Å². The molecule has 0 radical (unpaired) electrons. The first-order chi connectivity index (χ1) is 9.08. The van der Waals surface area contributed by atoms with Crippen molar-refractivity contribution in [3.8, 4) is 11.5 Å². The van der Waals surface area contributed by atoms with Gasteiger partial charge in [-0.2, -0.15) is 0 Å². The number of aliphatic carboxylic acids is 1. The third-order valence-corrected chi connectivity index (χ3v) is 3.10. The zero-order chi connectivity index (χ0) is 13.8. The third-order valence-electron chi connectivity index (χ3n) is 3.10. The summed E-state index contributed by atoms with van der Waals surface area (Å²) in [5.41, 5.74) is 7.64. The smallest absolute Gasteiger partial charge is 0.320 e. The van der Waals surface area contributed by atoms with Crippen LogP contribution in [0.4, 0.5) is 0 Å². The third kappa shape index (κ3) is 3.36. The molecule has 4 N–H and O–H groups in total. The average Bonchev–Trinajstić information content (AvgIpc) is 2.81. The fraction of sp³-hybridized carbons (Fsp3) is 0.462. The van der Waals surface area contributed by atoms with Crippen molar-refractivity contribution in [3.63, 3.8) is 0 Å². The first-order valence-corrected chi connectivity index (χ1v) is 6.16. The summed E-state index contributed by atoms with van der Waals surface area (Å²) in [6, 6.07) is 3.08. The van der Waals surface area contributed by atoms with Gasteiger partial charge in [0.15, 0.2) is 11.5 Å². The maximum absolute atomic E-state index is 10.6. The van der Waals surface area contributed by atoms with Gasteiger partial charge < -0.3 is 25.6 Å². The molecule has 1 aliphatic rings. The summed E-state index contributed by atoms with van der Waals surface area (Å²) >= 11 is 0. The van der Waals surface area contributed by atoms with E-state index in [-0.39, 0.29) is 6.79 Å². The van der Waals surface area contributed by atoms with Crippen LogP contribution in [-0.2, 0) is 11.3 Å². The lowest BCUT2D eigenvalue weighted by Crippen LogP contribution is -2.33. The molecule has 6 heteroatoms. The van der Waals surface area contributed by atoms with Gasteiger partial charge in [0.25, 0.3) is 0 Å². The van der Waals surface area contributed by atoms with E-state index in [4.69, 9.17) is 20.3 Å². The molecule has 1 aromatic carbocycles. The second kappa shape index (κ2) is 5.90. The van der Waals surface area contributed by atoms with Gasteiger partial charge >= 0.3 is 5.97 Å². The quantitative estimate of drug-likeness (QED) is 0.653. The molecule has 104 valence electrons. The van der Waals surface area contributed by atoms with E-state index >= 15 is 0 Å². The van der Waals surface area contributed by atoms with Crippen molar-refractivity contribution in [1.29, 1.82) is 0 Å². The number of fused-ring (bicyclic) bond motifs is 1. The maximum Gasteiger partial charge on any atom is 0.320 e. The predicted molar refractivity (Wildman–Crippen MR) is 69.2 cm³/mol. The Bertz CT molecular complexity index is 476. The monoisotopic (exact) mass is 266 g/mol. The molecule has 0 aliphatic carbocycles. The number of hydrogen-bond donors (Lipinski definition) is 3. The molecule has 19 heavy (non-hydrogen) atoms. The van der Waals surface area contributed by atoms with Crippen LogP contribution in [0.2, 0.25) is 0 Å². The number of hydrogen-bond acceptors (Lipinski definition) is 5. The minimum Gasteiger partial charge on any atom is -0.480 e. The van der Waals surface area contributed by atoms with Crippen LogP contribution in [0.1, 0.15) is 17.5 Å². The van der Waals surface area contributed by atoms with Gasteiger partial charge in [-0.05, 0) is 43.1 Å². The van der Waals surface area contributed by atoms with Gasteiger partial charge in [0.1, 0.15) is 6.04 Å². The van der Waals surface area contributed by atoms with Gasteiger partial charge in [-0.15, -0.1) is 0 Å². The van der Waals surface area contributed by atoms with Gasteiger partial charge in [-0.25, -0.2) is 0 Å². The number of carbonyl (C=O) groups is 1. The Morgan fingerprint density at radius 2 is 2.16 bits per heavy atom. The Morgan fingerprint density at radius 3 is 2.84 bits per heavy atom. The lowest BCUT2D eigenvalue weighted by Gasteiger charge is -2.10. The van der Waals surface area contributed by atoms with E-state index in [1.807, 2.05) is 19.1 Å². The van der Waals surface area contributed by atoms with Crippen molar-refractivity contribution in [1.82, 2.24) is 5.32 Å². The largest absolute Gasteiger partial charge is 0.480 e. The van der Waals surface area contributed by atoms with Crippen molar-refractivity contribution in [2.75, 3.05) is 13.3 Å². The molecule has 1 aliphatic heterocycles. The van der Waals surface area contributed by atoms with Gasteiger partial charge in [0, 0.05) is 6.54 Å². The minimum atomic E-state index is -0.971. The van der Waals surface area contributed by atoms with Crippen LogP contribution >= 0.6 is 0 Å². The van der Waals surface area contributed by atoms with Gasteiger partial charge in [-0.3, -0.25) is 4.79 Å². The minimum absolute atomic E-state index is 0.263. The maximum atomic E-state index is 10.6. The number of carboxylic acids is 1. The van der Waals surface area contributed by atoms with Gasteiger partial charge in [-0.1, -0.05) is 0 Å². The van der Waals surface area contributed by atoms with E-state index in [2.05, 4.69) is 5.32 Å². The Morgan fingerprint density at radius 1 is 1.47 bits per heavy atom. The lowest BCUT2D eigenvalue weighted by atomic mass is 10.1. The Labute approximate surface area is 111 Å². The number of carboxylic acid groups (broad SMARTS) is 1. The number of rotatable bonds is 6. The Kier molecular flexibility index (Phi) is 4.24. The summed E-state index contributed by atoms with van der Waals surface area (Å²) in [5.74, 6) is 0.555. The number of ether oxygens (including phenoxy) is 2. The van der Waals surface area contributed by atoms with Gasteiger partial charge in [0.2, 0.25) is 6.79 Å². The van der Waals surface area contributed by atoms with Crippen LogP contribution in [0.15, 0.2) is 12.1 Å². The molecule has 2 rings (SSSR count). The highest BCUT2D eigenvalue weighted by Gasteiger charge is 2.15. The molecule has 1 aromatic rings. The molecule has 0 bridgehead atoms. The van der Waals surface area contributed by atoms with Crippen LogP contribution in [0.5, 0.6) is 11.5 Å². The second-order valence-electron chi connectivity index (χ2n) is 4.54. The van der Waals surface area contributed by atoms with E-state index in [0.717, 1.165) is 22.6 Å². The second-order valence-corrected chi connectivity index (χ2v) is 4.54. The highest BCUT2D eigenvalue weighted by Crippen LogP contribution is 2.34. The summed E-state index contributed by atoms with van der Waals surface area (Å²) < 4.78 is 10.6. The average molecular weight is 266 g/mol. The van der Waals surface area contributed by atoms with Crippen molar-refractivity contribution in [2.45, 2.75) is 25.9 Å². The zero-order valence-electron chi connectivity index (χ0n) is 10.8. The fourth-order valence-electron chi connectivity index (χ4n) is 1.88. The molecule has 1 atom stereocenters. The summed E-state index contributed by atoms with van der Waals surface area (Å²) in [6.07, 6.45) is 0.402. The fourth-order valence-corrected chi connectivity index (χ4v) is 1.88. The number of nitrogens with one attached hydrogen (secondary N) is 1. The Hall–Kier alpha value is -1.79. The van der Waals surface area contributed by atoms with E-state index in [9.17, 15) is 4.79 Å². The molecule has 0 aromatic heterocycles. The lowest BCUT2D eigenvalue weighted by molar-refractivity contribution is -0.138. The summed E-state index contributed by atoms with van der Waals surface area (Å²) in [5, 5.41) is 11.8. The van der Waals surface area contributed by atoms with Crippen LogP contribution < -0.4 is 20.5 Å². The Balaban J connectivity index is 1.85. The first kappa shape index (κ1) is 13.6. The standard InChI is InChI=1S/C13H18N2O4/c1-8-4-11-12(19-7-18-11)5-9(8)6-15-3-2-10(14)13(16)17/h4-5,10,15H,2-3,6-7,14H2,1H3,(H,16,17). The van der Waals surface area contributed by atoms with Crippen LogP contribution in [0.3, 0.4) is 0 Å². The van der Waals surface area contributed by atoms with Gasteiger partial charge in [0.05, 0.1) is 0 Å². The van der Waals surface area contributed by atoms with E-state index in [1.165, 1.54) is 0 Å². The van der Waals surface area contributed by atoms with Crippen molar-refractivity contribution in [3.05, 3.63) is 23.3 Å². The van der Waals surface area contributed by atoms with Crippen molar-refractivity contribution < 1.29 is 19.4 Å². The molecule has 1 heterocycles. The normalized spacial score (nSPS) is 14.4.